The number of benzene rings is 1. The van der Waals surface area contributed by atoms with E-state index in [0.717, 1.165) is 0 Å². The maximum absolute atomic E-state index is 11.7. The van der Waals surface area contributed by atoms with Crippen LogP contribution in [0.25, 0.3) is 0 Å². The summed E-state index contributed by atoms with van der Waals surface area (Å²) < 4.78 is 9.96. The minimum atomic E-state index is -0.926. The number of ether oxygens (including phenoxy) is 2. The summed E-state index contributed by atoms with van der Waals surface area (Å²) in [7, 11) is 4.77. The molecular weight excluding hydrogens is 236 g/mol. The predicted molar refractivity (Wildman–Crippen MR) is 65.6 cm³/mol. The van der Waals surface area contributed by atoms with Crippen LogP contribution < -0.4 is 15.2 Å². The number of rotatable bonds is 4. The Morgan fingerprint density at radius 3 is 2.50 bits per heavy atom. The standard InChI is InChI=1S/C12H16N2O4/c1-14(2)10(15)7-8-5-4-6-9(11(8)17-3)18-12(13)16/h4-6H,7H2,1-3H3,(H2,13,16). The summed E-state index contributed by atoms with van der Waals surface area (Å²) in [6.07, 6.45) is -0.768. The smallest absolute Gasteiger partial charge is 0.410 e. The molecule has 0 aliphatic heterocycles. The Morgan fingerprint density at radius 1 is 1.33 bits per heavy atom. The third-order valence-electron chi connectivity index (χ3n) is 2.32. The molecule has 2 N–H and O–H groups in total. The van der Waals surface area contributed by atoms with Crippen molar-refractivity contribution in [3.8, 4) is 11.5 Å². The molecule has 0 aliphatic carbocycles. The van der Waals surface area contributed by atoms with Crippen LogP contribution in [0.1, 0.15) is 5.56 Å². The molecule has 0 radical (unpaired) electrons. The highest BCUT2D eigenvalue weighted by Gasteiger charge is 2.15. The van der Waals surface area contributed by atoms with Gasteiger partial charge in [-0.15, -0.1) is 0 Å². The summed E-state index contributed by atoms with van der Waals surface area (Å²) in [4.78, 5) is 23.9. The van der Waals surface area contributed by atoms with Crippen LogP contribution in [0.3, 0.4) is 0 Å². The molecule has 6 nitrogen and oxygen atoms in total. The Labute approximate surface area is 105 Å². The molecule has 98 valence electrons. The molecule has 1 aromatic carbocycles. The summed E-state index contributed by atoms with van der Waals surface area (Å²) in [6, 6.07) is 4.94. The first-order valence-electron chi connectivity index (χ1n) is 5.29. The van der Waals surface area contributed by atoms with Gasteiger partial charge in [0, 0.05) is 19.7 Å². The average molecular weight is 252 g/mol. The van der Waals surface area contributed by atoms with E-state index < -0.39 is 6.09 Å². The summed E-state index contributed by atoms with van der Waals surface area (Å²) in [6.45, 7) is 0. The van der Waals surface area contributed by atoms with Crippen molar-refractivity contribution in [1.29, 1.82) is 0 Å². The van der Waals surface area contributed by atoms with Crippen LogP contribution in [-0.4, -0.2) is 38.1 Å². The Bertz CT molecular complexity index is 457. The van der Waals surface area contributed by atoms with Gasteiger partial charge in [0.1, 0.15) is 0 Å². The van der Waals surface area contributed by atoms with E-state index in [1.807, 2.05) is 0 Å². The van der Waals surface area contributed by atoms with E-state index in [1.165, 1.54) is 12.0 Å². The molecule has 1 rings (SSSR count). The summed E-state index contributed by atoms with van der Waals surface area (Å²) in [5, 5.41) is 0. The van der Waals surface area contributed by atoms with Gasteiger partial charge in [-0.2, -0.15) is 0 Å². The van der Waals surface area contributed by atoms with E-state index in [2.05, 4.69) is 0 Å². The summed E-state index contributed by atoms with van der Waals surface area (Å²) in [5.74, 6) is 0.463. The number of hydrogen-bond donors (Lipinski definition) is 1. The van der Waals surface area contributed by atoms with E-state index in [4.69, 9.17) is 15.2 Å². The van der Waals surface area contributed by atoms with Crippen LogP contribution in [0.2, 0.25) is 0 Å². The maximum Gasteiger partial charge on any atom is 0.410 e. The van der Waals surface area contributed by atoms with Crippen molar-refractivity contribution in [2.75, 3.05) is 21.2 Å². The second-order valence-corrected chi connectivity index (χ2v) is 3.83. The molecule has 2 amide bonds. The fourth-order valence-corrected chi connectivity index (χ4v) is 1.44. The van der Waals surface area contributed by atoms with Crippen LogP contribution >= 0.6 is 0 Å². The van der Waals surface area contributed by atoms with E-state index >= 15 is 0 Å². The molecule has 1 aromatic rings. The lowest BCUT2D eigenvalue weighted by Gasteiger charge is -2.14. The molecule has 0 atom stereocenters. The van der Waals surface area contributed by atoms with Crippen molar-refractivity contribution in [1.82, 2.24) is 4.90 Å². The van der Waals surface area contributed by atoms with E-state index in [1.54, 1.807) is 32.3 Å². The van der Waals surface area contributed by atoms with Crippen LogP contribution in [0.15, 0.2) is 18.2 Å². The molecule has 0 aromatic heterocycles. The molecule has 0 saturated carbocycles. The first-order valence-corrected chi connectivity index (χ1v) is 5.29. The number of nitrogens with zero attached hydrogens (tertiary/aromatic N) is 1. The van der Waals surface area contributed by atoms with Crippen LogP contribution in [-0.2, 0) is 11.2 Å². The number of amides is 2. The molecule has 0 heterocycles. The van der Waals surface area contributed by atoms with Gasteiger partial charge >= 0.3 is 6.09 Å². The maximum atomic E-state index is 11.7. The quantitative estimate of drug-likeness (QED) is 0.858. The number of para-hydroxylation sites is 1. The second kappa shape index (κ2) is 5.90. The Hall–Kier alpha value is -2.24. The highest BCUT2D eigenvalue weighted by atomic mass is 16.6. The predicted octanol–water partition coefficient (Wildman–Crippen LogP) is 0.783. The Kier molecular flexibility index (Phi) is 4.53. The summed E-state index contributed by atoms with van der Waals surface area (Å²) in [5.41, 5.74) is 5.59. The van der Waals surface area contributed by atoms with Crippen molar-refractivity contribution >= 4 is 12.0 Å². The van der Waals surface area contributed by atoms with Gasteiger partial charge in [0.05, 0.1) is 13.5 Å². The molecule has 18 heavy (non-hydrogen) atoms. The number of primary amides is 1. The molecule has 6 heteroatoms. The van der Waals surface area contributed by atoms with Crippen LogP contribution in [0.4, 0.5) is 4.79 Å². The zero-order chi connectivity index (χ0) is 13.7. The lowest BCUT2D eigenvalue weighted by atomic mass is 10.1. The topological polar surface area (TPSA) is 81.9 Å². The molecule has 0 spiro atoms. The summed E-state index contributed by atoms with van der Waals surface area (Å²) >= 11 is 0. The van der Waals surface area contributed by atoms with Gasteiger partial charge in [0.15, 0.2) is 11.5 Å². The fraction of sp³-hybridized carbons (Fsp3) is 0.333. The SMILES string of the molecule is COc1c(CC(=O)N(C)C)cccc1OC(N)=O. The van der Waals surface area contributed by atoms with Crippen molar-refractivity contribution in [2.24, 2.45) is 5.73 Å². The van der Waals surface area contributed by atoms with Crippen LogP contribution in [0, 0.1) is 0 Å². The van der Waals surface area contributed by atoms with Gasteiger partial charge in [-0.25, -0.2) is 4.79 Å². The second-order valence-electron chi connectivity index (χ2n) is 3.83. The lowest BCUT2D eigenvalue weighted by molar-refractivity contribution is -0.127. The van der Waals surface area contributed by atoms with E-state index in [0.29, 0.717) is 11.3 Å². The van der Waals surface area contributed by atoms with Gasteiger partial charge in [0.25, 0.3) is 0 Å². The number of methoxy groups -OCH3 is 1. The zero-order valence-electron chi connectivity index (χ0n) is 10.6. The van der Waals surface area contributed by atoms with E-state index in [9.17, 15) is 9.59 Å². The largest absolute Gasteiger partial charge is 0.493 e. The van der Waals surface area contributed by atoms with Crippen molar-refractivity contribution in [3.63, 3.8) is 0 Å². The first kappa shape index (κ1) is 13.8. The fourth-order valence-electron chi connectivity index (χ4n) is 1.44. The third kappa shape index (κ3) is 3.38. The van der Waals surface area contributed by atoms with Crippen molar-refractivity contribution < 1.29 is 19.1 Å². The highest BCUT2D eigenvalue weighted by Crippen LogP contribution is 2.31. The number of carbonyl (C=O) groups excluding carboxylic acids is 2. The molecule has 0 aliphatic rings. The van der Waals surface area contributed by atoms with Crippen LogP contribution in [0.5, 0.6) is 11.5 Å². The first-order chi connectivity index (χ1) is 8.45. The zero-order valence-corrected chi connectivity index (χ0v) is 10.6. The highest BCUT2D eigenvalue weighted by molar-refractivity contribution is 5.79. The number of carbonyl (C=O) groups is 2. The lowest BCUT2D eigenvalue weighted by Crippen LogP contribution is -2.24. The van der Waals surface area contributed by atoms with Gasteiger partial charge < -0.3 is 20.1 Å². The third-order valence-corrected chi connectivity index (χ3v) is 2.32. The van der Waals surface area contributed by atoms with Gasteiger partial charge in [-0.1, -0.05) is 12.1 Å². The van der Waals surface area contributed by atoms with Gasteiger partial charge in [0.2, 0.25) is 5.91 Å². The minimum absolute atomic E-state index is 0.0791. The normalized spacial score (nSPS) is 9.72. The number of likely N-dealkylation sites (N-methyl/N-ethyl adjacent to an activating group) is 1. The Balaban J connectivity index is 3.04. The van der Waals surface area contributed by atoms with Crippen molar-refractivity contribution in [3.05, 3.63) is 23.8 Å². The molecule has 0 unspecified atom stereocenters. The molecule has 0 saturated heterocycles. The van der Waals surface area contributed by atoms with Gasteiger partial charge in [-0.05, 0) is 6.07 Å². The number of nitrogens with two attached hydrogens (primary N) is 1. The van der Waals surface area contributed by atoms with Crippen molar-refractivity contribution in [2.45, 2.75) is 6.42 Å². The van der Waals surface area contributed by atoms with Gasteiger partial charge in [-0.3, -0.25) is 4.79 Å². The monoisotopic (exact) mass is 252 g/mol. The molecule has 0 bridgehead atoms. The molecular formula is C12H16N2O4. The Morgan fingerprint density at radius 2 is 2.00 bits per heavy atom. The minimum Gasteiger partial charge on any atom is -0.493 e. The average Bonchev–Trinajstić information content (AvgIpc) is 2.28. The number of hydrogen-bond acceptors (Lipinski definition) is 4. The molecule has 0 fully saturated rings. The van der Waals surface area contributed by atoms with E-state index in [-0.39, 0.29) is 18.1 Å².